The second kappa shape index (κ2) is 5.95. The third-order valence-electron chi connectivity index (χ3n) is 2.26. The van der Waals surface area contributed by atoms with E-state index in [2.05, 4.69) is 15.5 Å². The highest BCUT2D eigenvalue weighted by atomic mass is 16.4. The van der Waals surface area contributed by atoms with Crippen LogP contribution in [0.4, 0.5) is 0 Å². The van der Waals surface area contributed by atoms with E-state index in [4.69, 9.17) is 4.42 Å². The van der Waals surface area contributed by atoms with Crippen molar-refractivity contribution < 1.29 is 9.21 Å². The molecule has 0 bridgehead atoms. The molecule has 0 aromatic carbocycles. The third-order valence-corrected chi connectivity index (χ3v) is 2.26. The molecule has 0 aliphatic rings. The van der Waals surface area contributed by atoms with E-state index in [0.29, 0.717) is 24.9 Å². The van der Waals surface area contributed by atoms with Crippen LogP contribution in [0.25, 0.3) is 0 Å². The van der Waals surface area contributed by atoms with Gasteiger partial charge in [0.2, 0.25) is 17.7 Å². The summed E-state index contributed by atoms with van der Waals surface area (Å²) >= 11 is 0. The molecule has 1 heterocycles. The van der Waals surface area contributed by atoms with Gasteiger partial charge >= 0.3 is 0 Å². The maximum absolute atomic E-state index is 11.8. The van der Waals surface area contributed by atoms with Gasteiger partial charge in [-0.15, -0.1) is 10.2 Å². The highest BCUT2D eigenvalue weighted by Crippen LogP contribution is 2.04. The lowest BCUT2D eigenvalue weighted by Gasteiger charge is -2.24. The smallest absolute Gasteiger partial charge is 0.234 e. The highest BCUT2D eigenvalue weighted by molar-refractivity contribution is 5.78. The molecule has 1 aromatic rings. The number of carbonyl (C=O) groups excluding carboxylic acids is 1. The summed E-state index contributed by atoms with van der Waals surface area (Å²) < 4.78 is 5.30. The van der Waals surface area contributed by atoms with Gasteiger partial charge in [-0.1, -0.05) is 6.92 Å². The fourth-order valence-corrected chi connectivity index (χ4v) is 1.53. The number of nitrogens with zero attached hydrogens (tertiary/aromatic N) is 3. The average molecular weight is 254 g/mol. The van der Waals surface area contributed by atoms with Crippen molar-refractivity contribution in [1.29, 1.82) is 0 Å². The molecule has 0 saturated heterocycles. The average Bonchev–Trinajstić information content (AvgIpc) is 2.60. The summed E-state index contributed by atoms with van der Waals surface area (Å²) in [6.07, 6.45) is 0. The molecule has 0 saturated carbocycles. The zero-order valence-corrected chi connectivity index (χ0v) is 11.8. The molecule has 0 atom stereocenters. The molecule has 0 unspecified atom stereocenters. The van der Waals surface area contributed by atoms with Crippen molar-refractivity contribution >= 4 is 5.91 Å². The van der Waals surface area contributed by atoms with E-state index >= 15 is 0 Å². The highest BCUT2D eigenvalue weighted by Gasteiger charge is 2.17. The maximum Gasteiger partial charge on any atom is 0.234 e. The van der Waals surface area contributed by atoms with E-state index in [-0.39, 0.29) is 11.4 Å². The quantitative estimate of drug-likeness (QED) is 0.852. The summed E-state index contributed by atoms with van der Waals surface area (Å²) in [6, 6.07) is 0. The summed E-state index contributed by atoms with van der Waals surface area (Å²) in [6.45, 7) is 11.2. The Balaban J connectivity index is 2.49. The summed E-state index contributed by atoms with van der Waals surface area (Å²) in [7, 11) is 0. The standard InChI is InChI=1S/C12H22N4O2/c1-6-16(7-10(17)13-12(3,4)5)8-11-15-14-9(2)18-11/h6-8H2,1-5H3,(H,13,17). The molecule has 1 rings (SSSR count). The van der Waals surface area contributed by atoms with Gasteiger partial charge in [-0.3, -0.25) is 9.69 Å². The first-order valence-electron chi connectivity index (χ1n) is 6.12. The molecule has 18 heavy (non-hydrogen) atoms. The fraction of sp³-hybridized carbons (Fsp3) is 0.750. The van der Waals surface area contributed by atoms with Crippen LogP contribution in [0.1, 0.15) is 39.5 Å². The van der Waals surface area contributed by atoms with Crippen molar-refractivity contribution in [3.05, 3.63) is 11.8 Å². The number of rotatable bonds is 5. The normalized spacial score (nSPS) is 11.9. The lowest BCUT2D eigenvalue weighted by Crippen LogP contribution is -2.45. The Morgan fingerprint density at radius 3 is 2.50 bits per heavy atom. The van der Waals surface area contributed by atoms with Crippen LogP contribution < -0.4 is 5.32 Å². The monoisotopic (exact) mass is 254 g/mol. The van der Waals surface area contributed by atoms with Crippen molar-refractivity contribution in [2.45, 2.75) is 46.7 Å². The summed E-state index contributed by atoms with van der Waals surface area (Å²) in [5.74, 6) is 1.08. The molecule has 1 aromatic heterocycles. The Morgan fingerprint density at radius 1 is 1.39 bits per heavy atom. The van der Waals surface area contributed by atoms with Gasteiger partial charge in [-0.05, 0) is 27.3 Å². The fourth-order valence-electron chi connectivity index (χ4n) is 1.53. The van der Waals surface area contributed by atoms with Crippen LogP contribution in [0.5, 0.6) is 0 Å². The molecule has 0 fully saturated rings. The SMILES string of the molecule is CCN(CC(=O)NC(C)(C)C)Cc1nnc(C)o1. The predicted molar refractivity (Wildman–Crippen MR) is 67.9 cm³/mol. The molecule has 102 valence electrons. The molecule has 0 aliphatic heterocycles. The second-order valence-corrected chi connectivity index (χ2v) is 5.32. The number of likely N-dealkylation sites (N-methyl/N-ethyl adjacent to an activating group) is 1. The molecule has 0 radical (unpaired) electrons. The van der Waals surface area contributed by atoms with E-state index in [9.17, 15) is 4.79 Å². The third kappa shape index (κ3) is 5.27. The van der Waals surface area contributed by atoms with Gasteiger partial charge in [0.25, 0.3) is 0 Å². The molecule has 1 N–H and O–H groups in total. The van der Waals surface area contributed by atoms with Crippen LogP contribution in [-0.4, -0.2) is 39.6 Å². The number of hydrogen-bond acceptors (Lipinski definition) is 5. The van der Waals surface area contributed by atoms with Crippen molar-refractivity contribution in [3.63, 3.8) is 0 Å². The zero-order valence-electron chi connectivity index (χ0n) is 11.8. The Morgan fingerprint density at radius 2 is 2.06 bits per heavy atom. The van der Waals surface area contributed by atoms with E-state index < -0.39 is 0 Å². The van der Waals surface area contributed by atoms with Crippen molar-refractivity contribution in [1.82, 2.24) is 20.4 Å². The van der Waals surface area contributed by atoms with Crippen LogP contribution in [0, 0.1) is 6.92 Å². The van der Waals surface area contributed by atoms with Crippen LogP contribution in [-0.2, 0) is 11.3 Å². The Hall–Kier alpha value is -1.43. The van der Waals surface area contributed by atoms with Gasteiger partial charge in [-0.25, -0.2) is 0 Å². The first-order valence-corrected chi connectivity index (χ1v) is 6.12. The van der Waals surface area contributed by atoms with Crippen molar-refractivity contribution in [2.24, 2.45) is 0 Å². The van der Waals surface area contributed by atoms with Gasteiger partial charge in [0, 0.05) is 12.5 Å². The van der Waals surface area contributed by atoms with Crippen LogP contribution in [0.3, 0.4) is 0 Å². The van der Waals surface area contributed by atoms with Gasteiger partial charge < -0.3 is 9.73 Å². The predicted octanol–water partition coefficient (Wildman–Crippen LogP) is 1.11. The summed E-state index contributed by atoms with van der Waals surface area (Å²) in [5.41, 5.74) is -0.211. The molecule has 6 nitrogen and oxygen atoms in total. The van der Waals surface area contributed by atoms with E-state index in [1.54, 1.807) is 6.92 Å². The van der Waals surface area contributed by atoms with Gasteiger partial charge in [0.15, 0.2) is 0 Å². The number of aromatic nitrogens is 2. The number of amides is 1. The van der Waals surface area contributed by atoms with Crippen molar-refractivity contribution in [2.75, 3.05) is 13.1 Å². The number of hydrogen-bond donors (Lipinski definition) is 1. The molecule has 0 aliphatic carbocycles. The van der Waals surface area contributed by atoms with Crippen LogP contribution in [0.2, 0.25) is 0 Å². The topological polar surface area (TPSA) is 71.3 Å². The molecule has 1 amide bonds. The minimum atomic E-state index is -0.211. The first kappa shape index (κ1) is 14.6. The Bertz CT molecular complexity index is 395. The van der Waals surface area contributed by atoms with E-state index in [1.807, 2.05) is 32.6 Å². The minimum absolute atomic E-state index is 0.000544. The van der Waals surface area contributed by atoms with Crippen molar-refractivity contribution in [3.8, 4) is 0 Å². The maximum atomic E-state index is 11.8. The van der Waals surface area contributed by atoms with E-state index in [0.717, 1.165) is 6.54 Å². The van der Waals surface area contributed by atoms with Crippen LogP contribution >= 0.6 is 0 Å². The molecule has 6 heteroatoms. The summed E-state index contributed by atoms with van der Waals surface area (Å²) in [4.78, 5) is 13.8. The number of carbonyl (C=O) groups is 1. The van der Waals surface area contributed by atoms with Gasteiger partial charge in [-0.2, -0.15) is 0 Å². The number of aryl methyl sites for hydroxylation is 1. The lowest BCUT2D eigenvalue weighted by molar-refractivity contribution is -0.123. The second-order valence-electron chi connectivity index (χ2n) is 5.32. The minimum Gasteiger partial charge on any atom is -0.424 e. The Kier molecular flexibility index (Phi) is 4.84. The molecular weight excluding hydrogens is 232 g/mol. The summed E-state index contributed by atoms with van der Waals surface area (Å²) in [5, 5.41) is 10.6. The largest absolute Gasteiger partial charge is 0.424 e. The Labute approximate surface area is 108 Å². The zero-order chi connectivity index (χ0) is 13.8. The van der Waals surface area contributed by atoms with Crippen LogP contribution in [0.15, 0.2) is 4.42 Å². The molecular formula is C12H22N4O2. The van der Waals surface area contributed by atoms with E-state index in [1.165, 1.54) is 0 Å². The van der Waals surface area contributed by atoms with Gasteiger partial charge in [0.1, 0.15) is 0 Å². The molecule has 0 spiro atoms. The lowest BCUT2D eigenvalue weighted by atomic mass is 10.1. The van der Waals surface area contributed by atoms with Gasteiger partial charge in [0.05, 0.1) is 13.1 Å². The first-order chi connectivity index (χ1) is 8.30. The number of nitrogens with one attached hydrogen (secondary N) is 1.